The van der Waals surface area contributed by atoms with Gasteiger partial charge in [0, 0.05) is 71.2 Å². The van der Waals surface area contributed by atoms with Gasteiger partial charge in [-0.25, -0.2) is 9.97 Å². The molecule has 0 aliphatic carbocycles. The van der Waals surface area contributed by atoms with Gasteiger partial charge in [-0.1, -0.05) is 170 Å². The first-order chi connectivity index (χ1) is 30.7. The van der Waals surface area contributed by atoms with E-state index in [1.807, 2.05) is 35.7 Å². The lowest BCUT2D eigenvalue weighted by molar-refractivity contribution is 0.670. The summed E-state index contributed by atoms with van der Waals surface area (Å²) in [6.45, 7) is 0. The largest absolute Gasteiger partial charge is 0.455 e. The van der Waals surface area contributed by atoms with Gasteiger partial charge in [0.25, 0.3) is 0 Å². The van der Waals surface area contributed by atoms with Crippen molar-refractivity contribution in [1.29, 1.82) is 0 Å². The fourth-order valence-corrected chi connectivity index (χ4v) is 9.97. The van der Waals surface area contributed by atoms with Crippen molar-refractivity contribution in [3.8, 4) is 78.4 Å². The minimum atomic E-state index is 0.680. The van der Waals surface area contributed by atoms with Crippen LogP contribution in [0.3, 0.4) is 0 Å². The molecule has 0 bridgehead atoms. The Balaban J connectivity index is 0.920. The third kappa shape index (κ3) is 6.26. The van der Waals surface area contributed by atoms with Crippen molar-refractivity contribution >= 4 is 53.4 Å². The highest BCUT2D eigenvalue weighted by Gasteiger charge is 2.20. The number of benzene rings is 8. The zero-order valence-electron chi connectivity index (χ0n) is 33.4. The summed E-state index contributed by atoms with van der Waals surface area (Å²) in [5.74, 6) is 0.680. The van der Waals surface area contributed by atoms with E-state index in [4.69, 9.17) is 14.4 Å². The average molecular weight is 810 g/mol. The van der Waals surface area contributed by atoms with Gasteiger partial charge in [0.05, 0.1) is 11.4 Å². The van der Waals surface area contributed by atoms with E-state index < -0.39 is 0 Å². The summed E-state index contributed by atoms with van der Waals surface area (Å²) >= 11 is 1.84. The number of pyridine rings is 1. The second-order valence-corrected chi connectivity index (χ2v) is 16.6. The van der Waals surface area contributed by atoms with Crippen molar-refractivity contribution in [2.24, 2.45) is 0 Å². The number of rotatable bonds is 7. The maximum Gasteiger partial charge on any atom is 0.160 e. The van der Waals surface area contributed by atoms with Crippen molar-refractivity contribution in [1.82, 2.24) is 15.0 Å². The third-order valence-electron chi connectivity index (χ3n) is 11.9. The Bertz CT molecular complexity index is 3590. The molecule has 12 rings (SSSR count). The molecule has 0 fully saturated rings. The van der Waals surface area contributed by atoms with E-state index >= 15 is 0 Å². The van der Waals surface area contributed by atoms with Gasteiger partial charge < -0.3 is 4.42 Å². The van der Waals surface area contributed by atoms with Gasteiger partial charge >= 0.3 is 0 Å². The summed E-state index contributed by atoms with van der Waals surface area (Å²) in [7, 11) is 0. The van der Waals surface area contributed by atoms with Crippen LogP contribution in [-0.2, 0) is 0 Å². The van der Waals surface area contributed by atoms with Crippen LogP contribution in [0.2, 0.25) is 0 Å². The first-order valence-electron chi connectivity index (χ1n) is 20.7. The van der Waals surface area contributed by atoms with E-state index in [0.717, 1.165) is 89.0 Å². The molecule has 0 saturated carbocycles. The first kappa shape index (κ1) is 35.9. The molecular weight excluding hydrogens is 775 g/mol. The quantitative estimate of drug-likeness (QED) is 0.161. The van der Waals surface area contributed by atoms with Gasteiger partial charge in [-0.05, 0) is 63.7 Å². The van der Waals surface area contributed by atoms with E-state index in [1.54, 1.807) is 6.20 Å². The van der Waals surface area contributed by atoms with Crippen LogP contribution < -0.4 is 0 Å². The molecule has 0 aliphatic heterocycles. The van der Waals surface area contributed by atoms with E-state index in [1.165, 1.54) is 25.7 Å². The molecule has 4 nitrogen and oxygen atoms in total. The molecule has 62 heavy (non-hydrogen) atoms. The second kappa shape index (κ2) is 14.9. The number of fused-ring (bicyclic) bond motifs is 6. The van der Waals surface area contributed by atoms with Crippen LogP contribution in [0.25, 0.3) is 121 Å². The molecule has 0 unspecified atom stereocenters. The molecule has 0 aliphatic rings. The average Bonchev–Trinajstić information content (AvgIpc) is 3.94. The maximum atomic E-state index is 6.77. The highest BCUT2D eigenvalue weighted by Crippen LogP contribution is 2.46. The Morgan fingerprint density at radius 3 is 1.71 bits per heavy atom. The summed E-state index contributed by atoms with van der Waals surface area (Å²) in [4.78, 5) is 14.6. The Labute approximate surface area is 362 Å². The molecule has 8 aromatic carbocycles. The summed E-state index contributed by atoms with van der Waals surface area (Å²) in [6, 6.07) is 70.5. The van der Waals surface area contributed by atoms with Gasteiger partial charge in [-0.2, -0.15) is 0 Å². The van der Waals surface area contributed by atoms with Crippen LogP contribution >= 0.6 is 11.3 Å². The van der Waals surface area contributed by atoms with Crippen molar-refractivity contribution < 1.29 is 4.42 Å². The smallest absolute Gasteiger partial charge is 0.160 e. The SMILES string of the molecule is c1ccc(-c2cc(-c3ccc(-c4ccc(-c5cccc6c5sc5ccccc56)c5oc6ccccc6c45)cc3)nc(-c3ccc(-c4ccc(-c5cccnc5)cc4)cc3)n2)cc1. The van der Waals surface area contributed by atoms with Crippen LogP contribution in [0, 0.1) is 0 Å². The Morgan fingerprint density at radius 1 is 0.387 bits per heavy atom. The van der Waals surface area contributed by atoms with Gasteiger partial charge in [0.1, 0.15) is 11.2 Å². The fraction of sp³-hybridized carbons (Fsp3) is 0. The number of aromatic nitrogens is 3. The van der Waals surface area contributed by atoms with Crippen LogP contribution in [0.5, 0.6) is 0 Å². The normalized spacial score (nSPS) is 11.5. The summed E-state index contributed by atoms with van der Waals surface area (Å²) in [5, 5.41) is 4.78. The van der Waals surface area contributed by atoms with Gasteiger partial charge in [-0.3, -0.25) is 4.98 Å². The van der Waals surface area contributed by atoms with Crippen molar-refractivity contribution in [2.45, 2.75) is 0 Å². The third-order valence-corrected chi connectivity index (χ3v) is 13.1. The zero-order valence-corrected chi connectivity index (χ0v) is 34.2. The highest BCUT2D eigenvalue weighted by molar-refractivity contribution is 7.26. The molecule has 12 aromatic rings. The molecule has 5 heteroatoms. The summed E-state index contributed by atoms with van der Waals surface area (Å²) < 4.78 is 9.33. The van der Waals surface area contributed by atoms with E-state index in [9.17, 15) is 0 Å². The molecule has 0 saturated heterocycles. The standard InChI is InChI=1S/C57H35N3OS/c1-2-10-40(11-3-1)50-34-51(60-57(59-50)42-29-23-37(24-30-42)36-19-21-38(22-20-36)43-12-9-33-58-35-43)41-27-25-39(26-28-41)44-31-32-46(55-54(44)49-14-4-6-17-52(49)61-55)48-16-8-15-47-45-13-5-7-18-53(45)62-56(47)48/h1-35H. The van der Waals surface area contributed by atoms with Gasteiger partial charge in [0.15, 0.2) is 5.82 Å². The number of para-hydroxylation sites is 1. The molecule has 0 radical (unpaired) electrons. The fourth-order valence-electron chi connectivity index (χ4n) is 8.74. The van der Waals surface area contributed by atoms with Gasteiger partial charge in [0.2, 0.25) is 0 Å². The van der Waals surface area contributed by atoms with E-state index in [0.29, 0.717) is 5.82 Å². The number of furan rings is 1. The lowest BCUT2D eigenvalue weighted by atomic mass is 9.93. The molecule has 290 valence electrons. The lowest BCUT2D eigenvalue weighted by Gasteiger charge is -2.12. The Morgan fingerprint density at radius 2 is 0.968 bits per heavy atom. The lowest BCUT2D eigenvalue weighted by Crippen LogP contribution is -1.96. The maximum absolute atomic E-state index is 6.77. The molecule has 4 heterocycles. The minimum Gasteiger partial charge on any atom is -0.455 e. The highest BCUT2D eigenvalue weighted by atomic mass is 32.1. The molecule has 0 atom stereocenters. The minimum absolute atomic E-state index is 0.680. The van der Waals surface area contributed by atoms with Crippen molar-refractivity contribution in [3.05, 3.63) is 213 Å². The van der Waals surface area contributed by atoms with Crippen LogP contribution in [0.1, 0.15) is 0 Å². The number of hydrogen-bond acceptors (Lipinski definition) is 5. The van der Waals surface area contributed by atoms with E-state index in [-0.39, 0.29) is 0 Å². The van der Waals surface area contributed by atoms with Gasteiger partial charge in [-0.15, -0.1) is 11.3 Å². The number of thiophene rings is 1. The topological polar surface area (TPSA) is 51.8 Å². The number of nitrogens with zero attached hydrogens (tertiary/aromatic N) is 3. The molecule has 0 amide bonds. The Hall–Kier alpha value is -7.99. The first-order valence-corrected chi connectivity index (χ1v) is 21.5. The van der Waals surface area contributed by atoms with Crippen molar-refractivity contribution in [3.63, 3.8) is 0 Å². The van der Waals surface area contributed by atoms with Crippen LogP contribution in [0.15, 0.2) is 217 Å². The molecule has 0 N–H and O–H groups in total. The summed E-state index contributed by atoms with van der Waals surface area (Å²) in [5.41, 5.74) is 15.6. The second-order valence-electron chi connectivity index (χ2n) is 15.5. The monoisotopic (exact) mass is 809 g/mol. The van der Waals surface area contributed by atoms with E-state index in [2.05, 4.69) is 187 Å². The summed E-state index contributed by atoms with van der Waals surface area (Å²) in [6.07, 6.45) is 3.69. The number of hydrogen-bond donors (Lipinski definition) is 0. The predicted octanol–water partition coefficient (Wildman–Crippen LogP) is 15.8. The molecule has 4 aromatic heterocycles. The van der Waals surface area contributed by atoms with Crippen LogP contribution in [-0.4, -0.2) is 15.0 Å². The van der Waals surface area contributed by atoms with Crippen LogP contribution in [0.4, 0.5) is 0 Å². The molecule has 0 spiro atoms. The Kier molecular flexibility index (Phi) is 8.65. The predicted molar refractivity (Wildman–Crippen MR) is 258 cm³/mol. The van der Waals surface area contributed by atoms with Crippen molar-refractivity contribution in [2.75, 3.05) is 0 Å². The molecular formula is C57H35N3OS. The zero-order chi connectivity index (χ0) is 41.0.